The van der Waals surface area contributed by atoms with E-state index in [-0.39, 0.29) is 11.3 Å². The largest absolute Gasteiger partial charge is 0.418 e. The molecular weight excluding hydrogens is 596 g/mol. The Balaban J connectivity index is 1.27. The first kappa shape index (κ1) is 31.2. The van der Waals surface area contributed by atoms with Crippen molar-refractivity contribution in [2.75, 3.05) is 57.7 Å². The number of nitrogens with one attached hydrogen (secondary N) is 1. The average Bonchev–Trinajstić information content (AvgIpc) is 3.54. The van der Waals surface area contributed by atoms with Crippen molar-refractivity contribution in [2.24, 2.45) is 0 Å². The highest BCUT2D eigenvalue weighted by Gasteiger charge is 2.34. The van der Waals surface area contributed by atoms with E-state index in [1.54, 1.807) is 12.1 Å². The maximum atomic E-state index is 13.8. The number of benzene rings is 2. The zero-order valence-electron chi connectivity index (χ0n) is 24.5. The molecule has 2 aliphatic heterocycles. The van der Waals surface area contributed by atoms with Gasteiger partial charge in [0.1, 0.15) is 11.6 Å². The first-order valence-electron chi connectivity index (χ1n) is 15.0. The third-order valence-corrected chi connectivity index (χ3v) is 8.37. The molecule has 0 saturated carbocycles. The van der Waals surface area contributed by atoms with Crippen LogP contribution in [0.5, 0.6) is 0 Å². The monoisotopic (exact) mass is 629 g/mol. The summed E-state index contributed by atoms with van der Waals surface area (Å²) in [7, 11) is 0. The van der Waals surface area contributed by atoms with Crippen LogP contribution in [0.3, 0.4) is 0 Å². The van der Waals surface area contributed by atoms with Crippen LogP contribution < -0.4 is 5.32 Å². The fourth-order valence-corrected chi connectivity index (χ4v) is 5.89. The summed E-state index contributed by atoms with van der Waals surface area (Å²) < 4.78 is 80.7. The summed E-state index contributed by atoms with van der Waals surface area (Å²) in [6.45, 7) is 8.28. The van der Waals surface area contributed by atoms with Crippen molar-refractivity contribution in [1.82, 2.24) is 29.7 Å². The number of fused-ring (bicyclic) bond motifs is 1. The highest BCUT2D eigenvalue weighted by molar-refractivity contribution is 5.93. The minimum absolute atomic E-state index is 0.214. The molecule has 13 heteroatoms. The van der Waals surface area contributed by atoms with Gasteiger partial charge in [0.15, 0.2) is 0 Å². The second-order valence-electron chi connectivity index (χ2n) is 11.5. The van der Waals surface area contributed by atoms with E-state index in [0.717, 1.165) is 57.5 Å². The van der Waals surface area contributed by atoms with Gasteiger partial charge in [-0.2, -0.15) is 26.3 Å². The van der Waals surface area contributed by atoms with Crippen molar-refractivity contribution in [3.63, 3.8) is 0 Å². The smallest absolute Gasteiger partial charge is 0.340 e. The van der Waals surface area contributed by atoms with Crippen LogP contribution in [-0.4, -0.2) is 82.0 Å². The van der Waals surface area contributed by atoms with Gasteiger partial charge < -0.3 is 10.2 Å². The molecule has 238 valence electrons. The number of anilines is 2. The molecule has 2 aliphatic rings. The number of rotatable bonds is 8. The van der Waals surface area contributed by atoms with Crippen LogP contribution in [-0.2, 0) is 18.9 Å². The van der Waals surface area contributed by atoms with Gasteiger partial charge in [0.05, 0.1) is 28.9 Å². The summed E-state index contributed by atoms with van der Waals surface area (Å²) >= 11 is 0. The van der Waals surface area contributed by atoms with Crippen LogP contribution in [0.2, 0.25) is 0 Å². The standard InChI is InChI=1S/C32H33F6N7/c33-31(34,35)23-6-8-24(9-7-23)40-30-25-10-5-22(29-26(32(36,37)38)4-3-11-39-29)20-27(25)41-28(42-30)21-45-18-16-44(17-19-45)15-14-43-12-1-2-13-43/h3-11,20H,1-2,12-19,21H2,(H,40,41,42). The second kappa shape index (κ2) is 12.9. The Morgan fingerprint density at radius 2 is 1.38 bits per heavy atom. The number of hydrogen-bond donors (Lipinski definition) is 1. The Morgan fingerprint density at radius 1 is 0.711 bits per heavy atom. The van der Waals surface area contributed by atoms with E-state index in [2.05, 4.69) is 25.0 Å². The molecule has 4 aromatic rings. The molecule has 6 rings (SSSR count). The van der Waals surface area contributed by atoms with E-state index in [1.165, 1.54) is 56.4 Å². The molecule has 0 atom stereocenters. The predicted octanol–water partition coefficient (Wildman–Crippen LogP) is 6.69. The highest BCUT2D eigenvalue weighted by atomic mass is 19.4. The summed E-state index contributed by atoms with van der Waals surface area (Å²) in [6, 6.07) is 11.5. The molecule has 0 aliphatic carbocycles. The van der Waals surface area contributed by atoms with Crippen molar-refractivity contribution in [2.45, 2.75) is 31.7 Å². The van der Waals surface area contributed by atoms with Crippen molar-refractivity contribution < 1.29 is 26.3 Å². The number of halogens is 6. The number of alkyl halides is 6. The van der Waals surface area contributed by atoms with Gasteiger partial charge in [-0.3, -0.25) is 14.8 Å². The fraction of sp³-hybridized carbons (Fsp3) is 0.406. The number of piperazine rings is 1. The van der Waals surface area contributed by atoms with Gasteiger partial charge in [0.2, 0.25) is 0 Å². The molecule has 0 radical (unpaired) electrons. The minimum atomic E-state index is -4.60. The van der Waals surface area contributed by atoms with Gasteiger partial charge in [-0.25, -0.2) is 9.97 Å². The quantitative estimate of drug-likeness (QED) is 0.218. The molecular formula is C32H33F6N7. The van der Waals surface area contributed by atoms with Crippen molar-refractivity contribution >= 4 is 22.4 Å². The molecule has 7 nitrogen and oxygen atoms in total. The summed E-state index contributed by atoms with van der Waals surface area (Å²) in [6.07, 6.45) is -5.23. The maximum absolute atomic E-state index is 13.8. The van der Waals surface area contributed by atoms with E-state index >= 15 is 0 Å². The van der Waals surface area contributed by atoms with Crippen molar-refractivity contribution in [1.29, 1.82) is 0 Å². The van der Waals surface area contributed by atoms with E-state index in [0.29, 0.717) is 34.8 Å². The maximum Gasteiger partial charge on any atom is 0.418 e. The summed E-state index contributed by atoms with van der Waals surface area (Å²) in [5.74, 6) is 0.805. The van der Waals surface area contributed by atoms with Crippen LogP contribution in [0.4, 0.5) is 37.8 Å². The van der Waals surface area contributed by atoms with Crippen LogP contribution in [0.25, 0.3) is 22.2 Å². The molecule has 0 unspecified atom stereocenters. The van der Waals surface area contributed by atoms with Crippen LogP contribution >= 0.6 is 0 Å². The van der Waals surface area contributed by atoms with Gasteiger partial charge in [-0.05, 0) is 74.5 Å². The number of hydrogen-bond acceptors (Lipinski definition) is 7. The first-order valence-corrected chi connectivity index (χ1v) is 15.0. The molecule has 0 bridgehead atoms. The molecule has 0 spiro atoms. The van der Waals surface area contributed by atoms with Gasteiger partial charge in [0, 0.05) is 62.1 Å². The first-order chi connectivity index (χ1) is 21.5. The molecule has 2 aromatic carbocycles. The summed E-state index contributed by atoms with van der Waals surface area (Å²) in [5, 5.41) is 3.62. The normalized spacial score (nSPS) is 17.3. The Bertz CT molecular complexity index is 1610. The van der Waals surface area contributed by atoms with Crippen molar-refractivity contribution in [3.05, 3.63) is 77.7 Å². The molecule has 2 fully saturated rings. The Kier molecular flexibility index (Phi) is 8.94. The molecule has 2 aromatic heterocycles. The lowest BCUT2D eigenvalue weighted by molar-refractivity contribution is -0.138. The van der Waals surface area contributed by atoms with E-state index < -0.39 is 23.5 Å². The highest BCUT2D eigenvalue weighted by Crippen LogP contribution is 2.37. The molecule has 0 amide bonds. The summed E-state index contributed by atoms with van der Waals surface area (Å²) in [4.78, 5) is 20.7. The summed E-state index contributed by atoms with van der Waals surface area (Å²) in [5.41, 5.74) is -0.823. The Hall–Kier alpha value is -3.81. The fourth-order valence-electron chi connectivity index (χ4n) is 5.89. The topological polar surface area (TPSA) is 60.4 Å². The number of pyridine rings is 1. The van der Waals surface area contributed by atoms with Gasteiger partial charge in [0.25, 0.3) is 0 Å². The van der Waals surface area contributed by atoms with E-state index in [4.69, 9.17) is 9.97 Å². The third kappa shape index (κ3) is 7.54. The minimum Gasteiger partial charge on any atom is -0.340 e. The lowest BCUT2D eigenvalue weighted by atomic mass is 10.0. The molecule has 45 heavy (non-hydrogen) atoms. The Labute approximate surface area is 256 Å². The van der Waals surface area contributed by atoms with E-state index in [9.17, 15) is 26.3 Å². The van der Waals surface area contributed by atoms with Crippen LogP contribution in [0, 0.1) is 0 Å². The lowest BCUT2D eigenvalue weighted by Crippen LogP contribution is -2.48. The van der Waals surface area contributed by atoms with Crippen LogP contribution in [0.1, 0.15) is 29.8 Å². The zero-order valence-corrected chi connectivity index (χ0v) is 24.5. The number of nitrogens with zero attached hydrogens (tertiary/aromatic N) is 6. The zero-order chi connectivity index (χ0) is 31.6. The van der Waals surface area contributed by atoms with Gasteiger partial charge in [-0.1, -0.05) is 6.07 Å². The average molecular weight is 630 g/mol. The van der Waals surface area contributed by atoms with Gasteiger partial charge >= 0.3 is 12.4 Å². The van der Waals surface area contributed by atoms with Crippen molar-refractivity contribution in [3.8, 4) is 11.3 Å². The molecule has 4 heterocycles. The molecule has 2 saturated heterocycles. The second-order valence-corrected chi connectivity index (χ2v) is 11.5. The lowest BCUT2D eigenvalue weighted by Gasteiger charge is -2.35. The third-order valence-electron chi connectivity index (χ3n) is 8.37. The Morgan fingerprint density at radius 3 is 2.04 bits per heavy atom. The van der Waals surface area contributed by atoms with Gasteiger partial charge in [-0.15, -0.1) is 0 Å². The SMILES string of the molecule is FC(F)(F)c1ccc(Nc2nc(CN3CCN(CCN4CCCC4)CC3)nc3cc(-c4ncccc4C(F)(F)F)ccc23)cc1. The number of likely N-dealkylation sites (tertiary alicyclic amines) is 1. The molecule has 1 N–H and O–H groups in total. The van der Waals surface area contributed by atoms with Crippen LogP contribution in [0.15, 0.2) is 60.8 Å². The predicted molar refractivity (Wildman–Crippen MR) is 160 cm³/mol. The van der Waals surface area contributed by atoms with E-state index in [1.807, 2.05) is 0 Å². The number of aromatic nitrogens is 3.